The third kappa shape index (κ3) is 3.25. The zero-order valence-corrected chi connectivity index (χ0v) is 9.75. The molecule has 1 unspecified atom stereocenters. The molecule has 1 rings (SSSR count). The lowest BCUT2D eigenvalue weighted by molar-refractivity contribution is -0.143. The molecule has 0 fully saturated rings. The molecule has 0 spiro atoms. The van der Waals surface area contributed by atoms with Crippen molar-refractivity contribution in [2.24, 2.45) is 0 Å². The van der Waals surface area contributed by atoms with Gasteiger partial charge in [-0.2, -0.15) is 0 Å². The zero-order chi connectivity index (χ0) is 11.4. The van der Waals surface area contributed by atoms with E-state index < -0.39 is 5.92 Å². The Hall–Kier alpha value is -1.00. The van der Waals surface area contributed by atoms with E-state index in [1.54, 1.807) is 12.1 Å². The molecule has 0 aromatic carbocycles. The van der Waals surface area contributed by atoms with Gasteiger partial charge in [0, 0.05) is 6.54 Å². The number of hydrogen-bond donors (Lipinski definition) is 0. The predicted octanol–water partition coefficient (Wildman–Crippen LogP) is 1.75. The topological polar surface area (TPSA) is 42.7 Å². The third-order valence-electron chi connectivity index (χ3n) is 1.97. The molecule has 5 heteroatoms. The monoisotopic (exact) mass is 231 g/mol. The Balaban J connectivity index is 2.85. The highest BCUT2D eigenvalue weighted by atomic mass is 35.5. The second-order valence-corrected chi connectivity index (χ2v) is 3.85. The summed E-state index contributed by atoms with van der Waals surface area (Å²) in [7, 11) is 5.11. The summed E-state index contributed by atoms with van der Waals surface area (Å²) in [6.07, 6.45) is 0. The number of rotatable bonds is 4. The minimum absolute atomic E-state index is 0.276. The van der Waals surface area contributed by atoms with E-state index >= 15 is 0 Å². The van der Waals surface area contributed by atoms with Crippen LogP contribution in [0.1, 0.15) is 11.7 Å². The minimum atomic E-state index is -0.433. The Morgan fingerprint density at radius 1 is 1.60 bits per heavy atom. The number of nitrogens with zero attached hydrogens (tertiary/aromatic N) is 1. The number of halogens is 1. The molecule has 0 saturated heterocycles. The molecule has 0 bridgehead atoms. The molecule has 4 nitrogen and oxygen atoms in total. The summed E-state index contributed by atoms with van der Waals surface area (Å²) in [5.74, 6) is -0.229. The van der Waals surface area contributed by atoms with Gasteiger partial charge in [-0.15, -0.1) is 0 Å². The standard InChI is InChI=1S/C10H14ClNO3/c1-12(2)6-7(10(13)14-3)8-4-5-9(11)15-8/h4-5,7H,6H2,1-3H3. The molecule has 0 aliphatic carbocycles. The van der Waals surface area contributed by atoms with Crippen LogP contribution in [-0.2, 0) is 9.53 Å². The Kier molecular flexibility index (Phi) is 4.17. The first-order valence-corrected chi connectivity index (χ1v) is 4.90. The predicted molar refractivity (Wildman–Crippen MR) is 57.0 cm³/mol. The van der Waals surface area contributed by atoms with Crippen LogP contribution in [-0.4, -0.2) is 38.6 Å². The fraction of sp³-hybridized carbons (Fsp3) is 0.500. The van der Waals surface area contributed by atoms with Crippen molar-refractivity contribution in [1.82, 2.24) is 4.90 Å². The summed E-state index contributed by atoms with van der Waals surface area (Å²) < 4.78 is 9.92. The van der Waals surface area contributed by atoms with Crippen molar-refractivity contribution < 1.29 is 13.9 Å². The number of likely N-dealkylation sites (N-methyl/N-ethyl adjacent to an activating group) is 1. The van der Waals surface area contributed by atoms with E-state index in [4.69, 9.17) is 20.8 Å². The first-order chi connectivity index (χ1) is 7.04. The van der Waals surface area contributed by atoms with Crippen LogP contribution < -0.4 is 0 Å². The van der Waals surface area contributed by atoms with Crippen molar-refractivity contribution in [3.8, 4) is 0 Å². The molecule has 0 amide bonds. The van der Waals surface area contributed by atoms with Crippen molar-refractivity contribution in [3.63, 3.8) is 0 Å². The van der Waals surface area contributed by atoms with Crippen molar-refractivity contribution in [2.45, 2.75) is 5.92 Å². The van der Waals surface area contributed by atoms with E-state index in [1.807, 2.05) is 19.0 Å². The van der Waals surface area contributed by atoms with Gasteiger partial charge in [0.05, 0.1) is 7.11 Å². The molecule has 0 saturated carbocycles. The first-order valence-electron chi connectivity index (χ1n) is 4.52. The van der Waals surface area contributed by atoms with Gasteiger partial charge in [-0.25, -0.2) is 0 Å². The molecule has 1 atom stereocenters. The van der Waals surface area contributed by atoms with Crippen LogP contribution in [0.15, 0.2) is 16.5 Å². The van der Waals surface area contributed by atoms with E-state index in [1.165, 1.54) is 7.11 Å². The Bertz CT molecular complexity index is 335. The van der Waals surface area contributed by atoms with E-state index in [-0.39, 0.29) is 11.2 Å². The maximum atomic E-state index is 11.5. The molecule has 15 heavy (non-hydrogen) atoms. The number of ether oxygens (including phenoxy) is 1. The molecule has 1 aromatic heterocycles. The number of carbonyl (C=O) groups is 1. The largest absolute Gasteiger partial charge is 0.468 e. The van der Waals surface area contributed by atoms with Gasteiger partial charge in [-0.1, -0.05) is 0 Å². The normalized spacial score (nSPS) is 12.9. The van der Waals surface area contributed by atoms with Gasteiger partial charge in [-0.3, -0.25) is 4.79 Å². The van der Waals surface area contributed by atoms with Gasteiger partial charge in [0.25, 0.3) is 0 Å². The van der Waals surface area contributed by atoms with Crippen LogP contribution in [0, 0.1) is 0 Å². The second kappa shape index (κ2) is 5.19. The fourth-order valence-electron chi connectivity index (χ4n) is 1.30. The average molecular weight is 232 g/mol. The number of carbonyl (C=O) groups excluding carboxylic acids is 1. The zero-order valence-electron chi connectivity index (χ0n) is 8.99. The molecule has 0 aliphatic heterocycles. The van der Waals surface area contributed by atoms with Crippen LogP contribution in [0.4, 0.5) is 0 Å². The quantitative estimate of drug-likeness (QED) is 0.741. The summed E-state index contributed by atoms with van der Waals surface area (Å²) in [4.78, 5) is 13.4. The smallest absolute Gasteiger partial charge is 0.317 e. The van der Waals surface area contributed by atoms with Crippen LogP contribution >= 0.6 is 11.6 Å². The summed E-state index contributed by atoms with van der Waals surface area (Å²) in [6, 6.07) is 3.30. The summed E-state index contributed by atoms with van der Waals surface area (Å²) in [5, 5.41) is 0.276. The lowest BCUT2D eigenvalue weighted by atomic mass is 10.1. The van der Waals surface area contributed by atoms with Crippen LogP contribution in [0.3, 0.4) is 0 Å². The molecule has 0 aliphatic rings. The van der Waals surface area contributed by atoms with Gasteiger partial charge in [0.15, 0.2) is 5.22 Å². The van der Waals surface area contributed by atoms with Gasteiger partial charge >= 0.3 is 5.97 Å². The van der Waals surface area contributed by atoms with Crippen molar-refractivity contribution in [2.75, 3.05) is 27.7 Å². The lowest BCUT2D eigenvalue weighted by Crippen LogP contribution is -2.26. The van der Waals surface area contributed by atoms with Crippen LogP contribution in [0.5, 0.6) is 0 Å². The van der Waals surface area contributed by atoms with E-state index in [2.05, 4.69) is 0 Å². The Morgan fingerprint density at radius 2 is 2.27 bits per heavy atom. The summed E-state index contributed by atoms with van der Waals surface area (Å²) >= 11 is 5.66. The molecule has 0 radical (unpaired) electrons. The number of methoxy groups -OCH3 is 1. The number of esters is 1. The van der Waals surface area contributed by atoms with E-state index in [0.717, 1.165) is 0 Å². The highest BCUT2D eigenvalue weighted by molar-refractivity contribution is 6.28. The van der Waals surface area contributed by atoms with Gasteiger partial charge in [-0.05, 0) is 37.8 Å². The van der Waals surface area contributed by atoms with E-state index in [9.17, 15) is 4.79 Å². The van der Waals surface area contributed by atoms with Crippen LogP contribution in [0.25, 0.3) is 0 Å². The van der Waals surface area contributed by atoms with Crippen molar-refractivity contribution in [3.05, 3.63) is 23.1 Å². The van der Waals surface area contributed by atoms with Gasteiger partial charge < -0.3 is 14.1 Å². The molecule has 0 N–H and O–H groups in total. The van der Waals surface area contributed by atoms with E-state index in [0.29, 0.717) is 12.3 Å². The fourth-order valence-corrected chi connectivity index (χ4v) is 1.46. The van der Waals surface area contributed by atoms with Crippen molar-refractivity contribution >= 4 is 17.6 Å². The Morgan fingerprint density at radius 3 is 2.67 bits per heavy atom. The molecule has 1 heterocycles. The average Bonchev–Trinajstić information content (AvgIpc) is 2.59. The minimum Gasteiger partial charge on any atom is -0.468 e. The summed E-state index contributed by atoms with van der Waals surface area (Å²) in [5.41, 5.74) is 0. The highest BCUT2D eigenvalue weighted by Crippen LogP contribution is 2.23. The number of furan rings is 1. The molecular weight excluding hydrogens is 218 g/mol. The second-order valence-electron chi connectivity index (χ2n) is 3.48. The lowest BCUT2D eigenvalue weighted by Gasteiger charge is -2.16. The SMILES string of the molecule is COC(=O)C(CN(C)C)c1ccc(Cl)o1. The van der Waals surface area contributed by atoms with Crippen LogP contribution in [0.2, 0.25) is 5.22 Å². The summed E-state index contributed by atoms with van der Waals surface area (Å²) in [6.45, 7) is 0.524. The van der Waals surface area contributed by atoms with Crippen molar-refractivity contribution in [1.29, 1.82) is 0 Å². The third-order valence-corrected chi connectivity index (χ3v) is 2.17. The molecular formula is C10H14ClNO3. The van der Waals surface area contributed by atoms with Gasteiger partial charge in [0.1, 0.15) is 11.7 Å². The maximum absolute atomic E-state index is 11.5. The highest BCUT2D eigenvalue weighted by Gasteiger charge is 2.25. The number of hydrogen-bond acceptors (Lipinski definition) is 4. The molecule has 1 aromatic rings. The first kappa shape index (κ1) is 12.1. The maximum Gasteiger partial charge on any atom is 0.317 e. The van der Waals surface area contributed by atoms with Gasteiger partial charge in [0.2, 0.25) is 0 Å². The Labute approximate surface area is 93.8 Å². The molecule has 84 valence electrons.